The second-order valence-corrected chi connectivity index (χ2v) is 9.93. The van der Waals surface area contributed by atoms with Crippen LogP contribution in [0, 0.1) is 11.3 Å². The van der Waals surface area contributed by atoms with Crippen LogP contribution in [0.25, 0.3) is 0 Å². The van der Waals surface area contributed by atoms with Crippen LogP contribution < -0.4 is 0 Å². The molecule has 0 aliphatic carbocycles. The van der Waals surface area contributed by atoms with Crippen LogP contribution in [-0.2, 0) is 19.1 Å². The van der Waals surface area contributed by atoms with Crippen LogP contribution in [0.5, 0.6) is 0 Å². The Kier molecular flexibility index (Phi) is 9.64. The smallest absolute Gasteiger partial charge is 0.174 e. The van der Waals surface area contributed by atoms with Crippen molar-refractivity contribution in [2.75, 3.05) is 6.61 Å². The van der Waals surface area contributed by atoms with Gasteiger partial charge in [-0.15, -0.1) is 6.58 Å². The summed E-state index contributed by atoms with van der Waals surface area (Å²) < 4.78 is 12.4. The molecule has 0 radical (unpaired) electrons. The maximum atomic E-state index is 13.7. The minimum Gasteiger partial charge on any atom is -0.375 e. The molecule has 0 fully saturated rings. The molecule has 0 bridgehead atoms. The summed E-state index contributed by atoms with van der Waals surface area (Å²) in [7, 11) is 0. The summed E-state index contributed by atoms with van der Waals surface area (Å²) in [5.41, 5.74) is -1.11. The van der Waals surface area contributed by atoms with E-state index >= 15 is 0 Å². The van der Waals surface area contributed by atoms with Gasteiger partial charge in [-0.2, -0.15) is 0 Å². The van der Waals surface area contributed by atoms with Crippen molar-refractivity contribution in [3.05, 3.63) is 48.6 Å². The number of carbonyl (C=O) groups excluding carboxylic acids is 2. The molecular weight excluding hydrogens is 376 g/mol. The van der Waals surface area contributed by atoms with Crippen molar-refractivity contribution in [2.24, 2.45) is 11.3 Å². The van der Waals surface area contributed by atoms with Gasteiger partial charge in [0.1, 0.15) is 12.4 Å². The van der Waals surface area contributed by atoms with E-state index in [0.29, 0.717) is 13.0 Å². The van der Waals surface area contributed by atoms with Crippen molar-refractivity contribution in [3.8, 4) is 0 Å². The molecule has 1 rings (SSSR count). The van der Waals surface area contributed by atoms with Crippen LogP contribution in [0.1, 0.15) is 79.4 Å². The third kappa shape index (κ3) is 7.48. The molecule has 0 aromatic heterocycles. The zero-order valence-electron chi connectivity index (χ0n) is 19.9. The van der Waals surface area contributed by atoms with Crippen molar-refractivity contribution >= 4 is 12.1 Å². The lowest BCUT2D eigenvalue weighted by Gasteiger charge is -2.43. The molecule has 0 heterocycles. The summed E-state index contributed by atoms with van der Waals surface area (Å²) in [6, 6.07) is 9.63. The predicted molar refractivity (Wildman–Crippen MR) is 122 cm³/mol. The van der Waals surface area contributed by atoms with Gasteiger partial charge in [0.25, 0.3) is 0 Å². The van der Waals surface area contributed by atoms with Crippen LogP contribution in [0.3, 0.4) is 0 Å². The first-order chi connectivity index (χ1) is 13.9. The van der Waals surface area contributed by atoms with Gasteiger partial charge in [0, 0.05) is 12.5 Å². The maximum Gasteiger partial charge on any atom is 0.174 e. The van der Waals surface area contributed by atoms with Crippen LogP contribution >= 0.6 is 0 Å². The average Bonchev–Trinajstić information content (AvgIpc) is 2.67. The molecule has 1 aromatic carbocycles. The summed E-state index contributed by atoms with van der Waals surface area (Å²) in [5.74, 6) is -0.0300. The number of benzene rings is 1. The highest BCUT2D eigenvalue weighted by Gasteiger charge is 2.48. The highest BCUT2D eigenvalue weighted by Crippen LogP contribution is 2.41. The van der Waals surface area contributed by atoms with E-state index in [9.17, 15) is 9.59 Å². The number of hydrogen-bond donors (Lipinski definition) is 0. The van der Waals surface area contributed by atoms with E-state index < -0.39 is 22.7 Å². The van der Waals surface area contributed by atoms with Crippen molar-refractivity contribution in [1.29, 1.82) is 0 Å². The first-order valence-electron chi connectivity index (χ1n) is 10.8. The zero-order valence-corrected chi connectivity index (χ0v) is 19.9. The molecule has 168 valence electrons. The van der Waals surface area contributed by atoms with Gasteiger partial charge in [0.05, 0.1) is 16.6 Å². The van der Waals surface area contributed by atoms with Crippen molar-refractivity contribution < 1.29 is 19.1 Å². The Morgan fingerprint density at radius 2 is 1.67 bits per heavy atom. The lowest BCUT2D eigenvalue weighted by molar-refractivity contribution is -0.168. The number of allylic oxidation sites excluding steroid dienone is 1. The van der Waals surface area contributed by atoms with Crippen LogP contribution in [0.15, 0.2) is 43.0 Å². The van der Waals surface area contributed by atoms with Gasteiger partial charge >= 0.3 is 0 Å². The minimum atomic E-state index is -0.788. The molecule has 2 atom stereocenters. The first-order valence-corrected chi connectivity index (χ1v) is 10.8. The number of hydrogen-bond acceptors (Lipinski definition) is 4. The zero-order chi connectivity index (χ0) is 23.0. The van der Waals surface area contributed by atoms with Gasteiger partial charge in [-0.05, 0) is 59.4 Å². The molecular formula is C26H40O4. The van der Waals surface area contributed by atoms with Gasteiger partial charge in [-0.3, -0.25) is 4.79 Å². The average molecular weight is 417 g/mol. The van der Waals surface area contributed by atoms with Gasteiger partial charge in [0.2, 0.25) is 0 Å². The minimum absolute atomic E-state index is 0.00829. The standard InChI is InChI=1S/C26H40O4/c1-9-14-20(19-27)15-13-18-29-26(7,8)25(5,6)23(28)22(30-24(2,3)4)21-16-11-10-12-17-21/h9-12,16-17,19-20,22H,1,13-15,18H2,2-8H3. The van der Waals surface area contributed by atoms with Crippen molar-refractivity contribution in [1.82, 2.24) is 0 Å². The van der Waals surface area contributed by atoms with Crippen molar-refractivity contribution in [3.63, 3.8) is 0 Å². The van der Waals surface area contributed by atoms with Crippen molar-refractivity contribution in [2.45, 2.75) is 85.0 Å². The number of aldehydes is 1. The van der Waals surface area contributed by atoms with E-state index in [1.165, 1.54) is 0 Å². The Labute approximate surface area is 183 Å². The number of ketones is 1. The summed E-state index contributed by atoms with van der Waals surface area (Å²) in [5, 5.41) is 0. The molecule has 1 aromatic rings. The molecule has 0 saturated heterocycles. The molecule has 0 aliphatic rings. The molecule has 4 nitrogen and oxygen atoms in total. The third-order valence-corrected chi connectivity index (χ3v) is 5.78. The molecule has 0 spiro atoms. The Hall–Kier alpha value is -1.78. The lowest BCUT2D eigenvalue weighted by atomic mass is 9.71. The fourth-order valence-electron chi connectivity index (χ4n) is 3.19. The summed E-state index contributed by atoms with van der Waals surface area (Å²) in [6.45, 7) is 17.8. The largest absolute Gasteiger partial charge is 0.375 e. The monoisotopic (exact) mass is 416 g/mol. The van der Waals surface area contributed by atoms with Gasteiger partial charge < -0.3 is 14.3 Å². The number of carbonyl (C=O) groups is 2. The van der Waals surface area contributed by atoms with E-state index in [2.05, 4.69) is 6.58 Å². The van der Waals surface area contributed by atoms with Crippen LogP contribution in [0.2, 0.25) is 0 Å². The Bertz CT molecular complexity index is 683. The lowest BCUT2D eigenvalue weighted by Crippen LogP contribution is -2.50. The van der Waals surface area contributed by atoms with Crippen LogP contribution in [-0.4, -0.2) is 29.9 Å². The fourth-order valence-corrected chi connectivity index (χ4v) is 3.19. The molecule has 0 amide bonds. The van der Waals surface area contributed by atoms with E-state index in [1.54, 1.807) is 6.08 Å². The highest BCUT2D eigenvalue weighted by atomic mass is 16.5. The van der Waals surface area contributed by atoms with Gasteiger partial charge in [-0.1, -0.05) is 50.3 Å². The van der Waals surface area contributed by atoms with E-state index in [-0.39, 0.29) is 11.7 Å². The third-order valence-electron chi connectivity index (χ3n) is 5.78. The highest BCUT2D eigenvalue weighted by molar-refractivity contribution is 5.90. The fraction of sp³-hybridized carbons (Fsp3) is 0.615. The van der Waals surface area contributed by atoms with Gasteiger partial charge in [-0.25, -0.2) is 0 Å². The molecule has 30 heavy (non-hydrogen) atoms. The number of ether oxygens (including phenoxy) is 2. The molecule has 4 heteroatoms. The quantitative estimate of drug-likeness (QED) is 0.221. The normalized spacial score (nSPS) is 14.8. The van der Waals surface area contributed by atoms with Gasteiger partial charge in [0.15, 0.2) is 5.78 Å². The molecule has 2 unspecified atom stereocenters. The molecule has 0 N–H and O–H groups in total. The number of Topliss-reactive ketones (excluding diaryl/α,β-unsaturated/α-hetero) is 1. The summed E-state index contributed by atoms with van der Waals surface area (Å²) in [6.07, 6.45) is 4.26. The van der Waals surface area contributed by atoms with E-state index in [0.717, 1.165) is 24.7 Å². The van der Waals surface area contributed by atoms with E-state index in [4.69, 9.17) is 9.47 Å². The Morgan fingerprint density at radius 1 is 1.07 bits per heavy atom. The molecule has 0 saturated carbocycles. The first kappa shape index (κ1) is 26.3. The molecule has 0 aliphatic heterocycles. The summed E-state index contributed by atoms with van der Waals surface area (Å²) in [4.78, 5) is 24.8. The SMILES string of the molecule is C=CCC(C=O)CCCOC(C)(C)C(C)(C)C(=O)C(OC(C)(C)C)c1ccccc1. The van der Waals surface area contributed by atoms with Crippen LogP contribution in [0.4, 0.5) is 0 Å². The topological polar surface area (TPSA) is 52.6 Å². The summed E-state index contributed by atoms with van der Waals surface area (Å²) >= 11 is 0. The predicted octanol–water partition coefficient (Wildman–Crippen LogP) is 6.10. The second kappa shape index (κ2) is 11.0. The van der Waals surface area contributed by atoms with E-state index in [1.807, 2.05) is 78.8 Å². The second-order valence-electron chi connectivity index (χ2n) is 9.93. The maximum absolute atomic E-state index is 13.7. The Balaban J connectivity index is 2.93. The number of rotatable bonds is 13. The Morgan fingerprint density at radius 3 is 2.17 bits per heavy atom.